The third kappa shape index (κ3) is 3.24. The fourth-order valence-electron chi connectivity index (χ4n) is 4.47. The van der Waals surface area contributed by atoms with Gasteiger partial charge in [0.25, 0.3) is 0 Å². The summed E-state index contributed by atoms with van der Waals surface area (Å²) in [5, 5.41) is 9.79. The Hall–Kier alpha value is -3.22. The molecule has 0 fully saturated rings. The maximum absolute atomic E-state index is 14.5. The fraction of sp³-hybridized carbons (Fsp3) is 0.348. The summed E-state index contributed by atoms with van der Waals surface area (Å²) in [5.74, 6) is -0.236. The van der Waals surface area contributed by atoms with Crippen molar-refractivity contribution in [3.63, 3.8) is 0 Å². The number of aryl methyl sites for hydroxylation is 2. The minimum atomic E-state index is -1.43. The van der Waals surface area contributed by atoms with Crippen molar-refractivity contribution in [1.29, 1.82) is 0 Å². The molecule has 2 aromatic rings. The molecule has 0 radical (unpaired) electrons. The molecular formula is C23H23FN2O4. The van der Waals surface area contributed by atoms with E-state index < -0.39 is 6.16 Å². The van der Waals surface area contributed by atoms with Gasteiger partial charge in [-0.15, -0.1) is 0 Å². The number of carbonyl (C=O) groups excluding carboxylic acids is 1. The van der Waals surface area contributed by atoms with Gasteiger partial charge < -0.3 is 14.7 Å². The van der Waals surface area contributed by atoms with E-state index in [0.29, 0.717) is 29.5 Å². The zero-order valence-electron chi connectivity index (χ0n) is 17.2. The summed E-state index contributed by atoms with van der Waals surface area (Å²) >= 11 is 0. The molecule has 1 aliphatic carbocycles. The molecule has 0 saturated carbocycles. The first-order chi connectivity index (χ1) is 14.3. The summed E-state index contributed by atoms with van der Waals surface area (Å²) < 4.78 is 19.1. The van der Waals surface area contributed by atoms with Crippen molar-refractivity contribution in [2.24, 2.45) is 0 Å². The van der Waals surface area contributed by atoms with Crippen molar-refractivity contribution in [2.75, 3.05) is 13.7 Å². The number of allylic oxidation sites excluding steroid dienone is 2. The van der Waals surface area contributed by atoms with Crippen LogP contribution in [0.4, 0.5) is 9.18 Å². The topological polar surface area (TPSA) is 79.7 Å². The Morgan fingerprint density at radius 1 is 1.33 bits per heavy atom. The zero-order chi connectivity index (χ0) is 21.6. The minimum absolute atomic E-state index is 0.236. The summed E-state index contributed by atoms with van der Waals surface area (Å²) in [6.07, 6.45) is 3.76. The van der Waals surface area contributed by atoms with Crippen molar-refractivity contribution < 1.29 is 23.8 Å². The lowest BCUT2D eigenvalue weighted by Crippen LogP contribution is -2.10. The molecule has 30 heavy (non-hydrogen) atoms. The van der Waals surface area contributed by atoms with Gasteiger partial charge in [-0.1, -0.05) is 0 Å². The van der Waals surface area contributed by atoms with E-state index in [4.69, 9.17) is 10.1 Å². The molecule has 156 valence electrons. The average Bonchev–Trinajstić information content (AvgIpc) is 3.02. The van der Waals surface area contributed by atoms with Gasteiger partial charge in [0.1, 0.15) is 18.7 Å². The number of hydrogen-bond donors (Lipinski definition) is 1. The molecule has 1 aromatic heterocycles. The van der Waals surface area contributed by atoms with Crippen LogP contribution in [-0.4, -0.2) is 41.1 Å². The van der Waals surface area contributed by atoms with Crippen LogP contribution >= 0.6 is 0 Å². The van der Waals surface area contributed by atoms with Gasteiger partial charge in [0.05, 0.1) is 16.9 Å². The normalized spacial score (nSPS) is 17.2. The van der Waals surface area contributed by atoms with Crippen molar-refractivity contribution in [3.8, 4) is 0 Å². The third-order valence-corrected chi connectivity index (χ3v) is 6.07. The van der Waals surface area contributed by atoms with Crippen LogP contribution in [0, 0.1) is 12.7 Å². The first-order valence-electron chi connectivity index (χ1n) is 9.89. The minimum Gasteiger partial charge on any atom is -0.450 e. The first-order valence-corrected chi connectivity index (χ1v) is 9.89. The maximum atomic E-state index is 14.5. The fourth-order valence-corrected chi connectivity index (χ4v) is 4.47. The summed E-state index contributed by atoms with van der Waals surface area (Å²) in [6, 6.07) is 1.51. The van der Waals surface area contributed by atoms with Crippen LogP contribution in [0.25, 0.3) is 16.6 Å². The predicted octanol–water partition coefficient (Wildman–Crippen LogP) is 4.17. The highest BCUT2D eigenvalue weighted by atomic mass is 19.1. The Kier molecular flexibility index (Phi) is 5.05. The molecule has 1 N–H and O–H groups in total. The number of hydrogen-bond acceptors (Lipinski definition) is 5. The first kappa shape index (κ1) is 20.1. The Balaban J connectivity index is 1.88. The number of nitrogens with zero attached hydrogens (tertiary/aromatic N) is 2. The van der Waals surface area contributed by atoms with Gasteiger partial charge in [0, 0.05) is 36.2 Å². The van der Waals surface area contributed by atoms with Gasteiger partial charge in [-0.05, 0) is 61.4 Å². The number of pyridine rings is 1. The predicted molar refractivity (Wildman–Crippen MR) is 111 cm³/mol. The van der Waals surface area contributed by atoms with Crippen LogP contribution in [0.15, 0.2) is 23.3 Å². The van der Waals surface area contributed by atoms with E-state index in [9.17, 15) is 14.0 Å². The molecule has 7 heteroatoms. The number of rotatable bonds is 4. The third-order valence-electron chi connectivity index (χ3n) is 6.07. The van der Waals surface area contributed by atoms with E-state index in [0.717, 1.165) is 47.2 Å². The Morgan fingerprint density at radius 2 is 2.07 bits per heavy atom. The molecule has 0 unspecified atom stereocenters. The second-order valence-corrected chi connectivity index (χ2v) is 7.89. The Labute approximate surface area is 173 Å². The quantitative estimate of drug-likeness (QED) is 0.463. The van der Waals surface area contributed by atoms with Crippen LogP contribution in [0.3, 0.4) is 0 Å². The van der Waals surface area contributed by atoms with Gasteiger partial charge in [0.15, 0.2) is 0 Å². The summed E-state index contributed by atoms with van der Waals surface area (Å²) in [6.45, 7) is 3.94. The number of carboxylic acid groups (broad SMARTS) is 1. The van der Waals surface area contributed by atoms with Crippen molar-refractivity contribution in [1.82, 2.24) is 9.88 Å². The number of ether oxygens (including phenoxy) is 1. The average molecular weight is 410 g/mol. The van der Waals surface area contributed by atoms with Crippen molar-refractivity contribution in [2.45, 2.75) is 39.7 Å². The highest BCUT2D eigenvalue weighted by Crippen LogP contribution is 2.41. The van der Waals surface area contributed by atoms with Crippen molar-refractivity contribution >= 4 is 29.0 Å². The van der Waals surface area contributed by atoms with E-state index in [1.165, 1.54) is 11.6 Å². The zero-order valence-corrected chi connectivity index (χ0v) is 17.2. The molecule has 6 nitrogen and oxygen atoms in total. The van der Waals surface area contributed by atoms with Gasteiger partial charge in [0.2, 0.25) is 0 Å². The monoisotopic (exact) mass is 410 g/mol. The lowest BCUT2D eigenvalue weighted by Gasteiger charge is -2.21. The van der Waals surface area contributed by atoms with Crippen LogP contribution in [0.2, 0.25) is 0 Å². The summed E-state index contributed by atoms with van der Waals surface area (Å²) in [5.41, 5.74) is 7.28. The molecule has 0 saturated heterocycles. The van der Waals surface area contributed by atoms with Crippen LogP contribution in [0.5, 0.6) is 0 Å². The van der Waals surface area contributed by atoms with Gasteiger partial charge >= 0.3 is 6.16 Å². The Morgan fingerprint density at radius 3 is 2.77 bits per heavy atom. The molecule has 1 aliphatic heterocycles. The molecule has 2 aliphatic rings. The summed E-state index contributed by atoms with van der Waals surface area (Å²) in [7, 11) is 1.95. The van der Waals surface area contributed by atoms with E-state index in [1.54, 1.807) is 6.92 Å². The largest absolute Gasteiger partial charge is 0.506 e. The standard InChI is InChI=1S/C23H23FN2O4/c1-12(14(10-27)11-30-23(28)29)7-20-22-17(9-26(20)3)16-6-4-5-15-13(2)18(24)8-19(25-22)21(15)16/h7-8,10H,4-6,9,11H2,1-3H3,(H,28,29)/b14-12+,20-7-. The molecular weight excluding hydrogens is 387 g/mol. The molecule has 4 rings (SSSR count). The summed E-state index contributed by atoms with van der Waals surface area (Å²) in [4.78, 5) is 28.9. The van der Waals surface area contributed by atoms with E-state index in [1.807, 2.05) is 20.0 Å². The number of fused-ring (bicyclic) bond motifs is 2. The van der Waals surface area contributed by atoms with Crippen molar-refractivity contribution in [3.05, 3.63) is 57.1 Å². The second-order valence-electron chi connectivity index (χ2n) is 7.89. The molecule has 0 bridgehead atoms. The van der Waals surface area contributed by atoms with Gasteiger partial charge in [-0.3, -0.25) is 4.79 Å². The second kappa shape index (κ2) is 7.55. The van der Waals surface area contributed by atoms with E-state index >= 15 is 0 Å². The van der Waals surface area contributed by atoms with Gasteiger partial charge in [-0.25, -0.2) is 14.2 Å². The van der Waals surface area contributed by atoms with Crippen LogP contribution < -0.4 is 0 Å². The molecule has 2 heterocycles. The highest BCUT2D eigenvalue weighted by Gasteiger charge is 2.30. The number of aromatic nitrogens is 1. The van der Waals surface area contributed by atoms with E-state index in [-0.39, 0.29) is 18.0 Å². The van der Waals surface area contributed by atoms with Gasteiger partial charge in [-0.2, -0.15) is 0 Å². The lowest BCUT2D eigenvalue weighted by atomic mass is 9.85. The van der Waals surface area contributed by atoms with Crippen LogP contribution in [-0.2, 0) is 28.9 Å². The maximum Gasteiger partial charge on any atom is 0.506 e. The number of benzene rings is 1. The highest BCUT2D eigenvalue weighted by molar-refractivity contribution is 5.92. The lowest BCUT2D eigenvalue weighted by molar-refractivity contribution is -0.105. The SMILES string of the molecule is CC(/C=C1/c2nc3cc(F)c(C)c4c3c(c2CN1C)CCC4)=C(/C=O)COC(=O)O. The van der Waals surface area contributed by atoms with E-state index in [2.05, 4.69) is 9.64 Å². The Bertz CT molecular complexity index is 1150. The molecule has 0 amide bonds. The number of aldehydes is 1. The smallest absolute Gasteiger partial charge is 0.450 e. The molecule has 0 atom stereocenters. The number of carbonyl (C=O) groups is 2. The number of halogens is 1. The van der Waals surface area contributed by atoms with Crippen LogP contribution in [0.1, 0.15) is 41.3 Å². The molecule has 1 aromatic carbocycles. The molecule has 0 spiro atoms.